The predicted molar refractivity (Wildman–Crippen MR) is 137 cm³/mol. The number of carbonyl (C=O) groups excluding carboxylic acids is 1. The maximum atomic E-state index is 12.4. The van der Waals surface area contributed by atoms with Crippen molar-refractivity contribution in [1.29, 1.82) is 0 Å². The van der Waals surface area contributed by atoms with Gasteiger partial charge in [-0.15, -0.1) is 10.2 Å². The van der Waals surface area contributed by atoms with E-state index in [9.17, 15) is 9.90 Å². The Labute approximate surface area is 207 Å². The summed E-state index contributed by atoms with van der Waals surface area (Å²) in [5.74, 6) is 0.943. The van der Waals surface area contributed by atoms with Crippen molar-refractivity contribution in [3.8, 4) is 28.6 Å². The first-order chi connectivity index (χ1) is 17.0. The van der Waals surface area contributed by atoms with E-state index >= 15 is 0 Å². The molecule has 8 nitrogen and oxygen atoms in total. The molecule has 1 amide bonds. The maximum absolute atomic E-state index is 12.4. The molecule has 0 spiro atoms. The van der Waals surface area contributed by atoms with Gasteiger partial charge < -0.3 is 9.84 Å². The van der Waals surface area contributed by atoms with Crippen LogP contribution in [0.4, 0.5) is 0 Å². The van der Waals surface area contributed by atoms with Gasteiger partial charge in [0.2, 0.25) is 0 Å². The lowest BCUT2D eigenvalue weighted by Gasteiger charge is -2.10. The molecule has 0 bridgehead atoms. The van der Waals surface area contributed by atoms with E-state index in [0.717, 1.165) is 16.8 Å². The first-order valence-electron chi connectivity index (χ1n) is 11.0. The van der Waals surface area contributed by atoms with E-state index in [1.54, 1.807) is 12.1 Å². The van der Waals surface area contributed by atoms with Crippen LogP contribution < -0.4 is 10.2 Å². The number of aromatic hydroxyl groups is 1. The van der Waals surface area contributed by atoms with Crippen LogP contribution in [0, 0.1) is 6.92 Å². The lowest BCUT2D eigenvalue weighted by molar-refractivity contribution is -0.118. The molecule has 4 aromatic rings. The number of aromatic nitrogens is 3. The van der Waals surface area contributed by atoms with Gasteiger partial charge in [-0.2, -0.15) is 5.10 Å². The van der Waals surface area contributed by atoms with E-state index in [2.05, 4.69) is 20.7 Å². The van der Waals surface area contributed by atoms with Crippen LogP contribution in [-0.2, 0) is 4.79 Å². The molecule has 0 unspecified atom stereocenters. The quantitative estimate of drug-likeness (QED) is 0.203. The SMILES string of the molecule is CCOc1cc(/C=N\NC(=O)CSc2nnc(-c3ccccc3)n2-c2ccc(C)cc2)ccc1O. The van der Waals surface area contributed by atoms with Crippen LogP contribution in [0.15, 0.2) is 83.1 Å². The van der Waals surface area contributed by atoms with Crippen LogP contribution >= 0.6 is 11.8 Å². The fraction of sp³-hybridized carbons (Fsp3) is 0.154. The molecule has 1 aromatic heterocycles. The van der Waals surface area contributed by atoms with Crippen LogP contribution in [0.3, 0.4) is 0 Å². The van der Waals surface area contributed by atoms with Gasteiger partial charge in [0.25, 0.3) is 5.91 Å². The van der Waals surface area contributed by atoms with Gasteiger partial charge in [0.05, 0.1) is 18.6 Å². The molecule has 35 heavy (non-hydrogen) atoms. The molecule has 0 saturated carbocycles. The molecular formula is C26H25N5O3S. The average molecular weight is 488 g/mol. The second kappa shape index (κ2) is 11.3. The number of phenols is 1. The molecule has 178 valence electrons. The lowest BCUT2D eigenvalue weighted by atomic mass is 10.2. The van der Waals surface area contributed by atoms with Gasteiger partial charge in [-0.05, 0) is 49.7 Å². The number of ether oxygens (including phenoxy) is 1. The standard InChI is InChI=1S/C26H25N5O3S/c1-3-34-23-15-19(11-14-22(23)32)16-27-28-24(33)17-35-26-30-29-25(20-7-5-4-6-8-20)31(26)21-12-9-18(2)10-13-21/h4-16,32H,3,17H2,1-2H3,(H,28,33)/b27-16-. The van der Waals surface area contributed by atoms with Crippen molar-refractivity contribution < 1.29 is 14.6 Å². The number of benzene rings is 3. The molecule has 0 aliphatic rings. The summed E-state index contributed by atoms with van der Waals surface area (Å²) in [6.45, 7) is 4.30. The van der Waals surface area contributed by atoms with Crippen LogP contribution in [0.2, 0.25) is 0 Å². The Hall–Kier alpha value is -4.11. The van der Waals surface area contributed by atoms with Crippen LogP contribution in [0.25, 0.3) is 17.1 Å². The molecule has 0 atom stereocenters. The summed E-state index contributed by atoms with van der Waals surface area (Å²) < 4.78 is 7.31. The predicted octanol–water partition coefficient (Wildman–Crippen LogP) is 4.59. The number of amides is 1. The highest BCUT2D eigenvalue weighted by Crippen LogP contribution is 2.28. The Morgan fingerprint density at radius 3 is 2.63 bits per heavy atom. The van der Waals surface area contributed by atoms with Crippen LogP contribution in [-0.4, -0.2) is 44.4 Å². The van der Waals surface area contributed by atoms with E-state index in [1.165, 1.54) is 24.0 Å². The molecule has 2 N–H and O–H groups in total. The first kappa shape index (κ1) is 24.0. The minimum Gasteiger partial charge on any atom is -0.504 e. The monoisotopic (exact) mass is 487 g/mol. The lowest BCUT2D eigenvalue weighted by Crippen LogP contribution is -2.20. The number of rotatable bonds is 9. The highest BCUT2D eigenvalue weighted by molar-refractivity contribution is 7.99. The van der Waals surface area contributed by atoms with Crippen molar-refractivity contribution in [3.63, 3.8) is 0 Å². The molecule has 0 aliphatic carbocycles. The molecule has 0 radical (unpaired) electrons. The number of hydrogen-bond donors (Lipinski definition) is 2. The molecule has 0 aliphatic heterocycles. The van der Waals surface area contributed by atoms with E-state index in [-0.39, 0.29) is 17.4 Å². The number of phenolic OH excluding ortho intramolecular Hbond substituents is 1. The number of hydrogen-bond acceptors (Lipinski definition) is 7. The molecule has 3 aromatic carbocycles. The summed E-state index contributed by atoms with van der Waals surface area (Å²) in [4.78, 5) is 12.4. The second-order valence-electron chi connectivity index (χ2n) is 7.59. The summed E-state index contributed by atoms with van der Waals surface area (Å²) in [6, 6.07) is 22.7. The average Bonchev–Trinajstić information content (AvgIpc) is 3.30. The van der Waals surface area contributed by atoms with Crippen molar-refractivity contribution in [2.24, 2.45) is 5.10 Å². The Morgan fingerprint density at radius 1 is 1.11 bits per heavy atom. The highest BCUT2D eigenvalue weighted by Gasteiger charge is 2.17. The molecule has 9 heteroatoms. The molecule has 4 rings (SSSR count). The van der Waals surface area contributed by atoms with Crippen molar-refractivity contribution >= 4 is 23.9 Å². The fourth-order valence-electron chi connectivity index (χ4n) is 3.29. The summed E-state index contributed by atoms with van der Waals surface area (Å²) >= 11 is 1.28. The first-order valence-corrected chi connectivity index (χ1v) is 12.0. The van der Waals surface area contributed by atoms with Gasteiger partial charge in [0, 0.05) is 11.3 Å². The number of nitrogens with zero attached hydrogens (tertiary/aromatic N) is 4. The third-order valence-electron chi connectivity index (χ3n) is 4.98. The number of thioether (sulfide) groups is 1. The van der Waals surface area contributed by atoms with Gasteiger partial charge in [-0.1, -0.05) is 59.8 Å². The van der Waals surface area contributed by atoms with Gasteiger partial charge >= 0.3 is 0 Å². The fourth-order valence-corrected chi connectivity index (χ4v) is 4.03. The van der Waals surface area contributed by atoms with E-state index in [0.29, 0.717) is 28.9 Å². The number of nitrogens with one attached hydrogen (secondary N) is 1. The Balaban J connectivity index is 1.46. The number of carbonyl (C=O) groups is 1. The van der Waals surface area contributed by atoms with E-state index < -0.39 is 0 Å². The zero-order chi connectivity index (χ0) is 24.6. The van der Waals surface area contributed by atoms with Crippen molar-refractivity contribution in [1.82, 2.24) is 20.2 Å². The summed E-state index contributed by atoms with van der Waals surface area (Å²) in [6.07, 6.45) is 1.49. The molecule has 1 heterocycles. The largest absolute Gasteiger partial charge is 0.504 e. The molecule has 0 fully saturated rings. The van der Waals surface area contributed by atoms with Crippen LogP contribution in [0.1, 0.15) is 18.1 Å². The van der Waals surface area contributed by atoms with Gasteiger partial charge in [-0.3, -0.25) is 9.36 Å². The van der Waals surface area contributed by atoms with Crippen molar-refractivity contribution in [2.75, 3.05) is 12.4 Å². The normalized spacial score (nSPS) is 11.0. The third-order valence-corrected chi connectivity index (χ3v) is 5.91. The van der Waals surface area contributed by atoms with E-state index in [1.807, 2.05) is 73.0 Å². The zero-order valence-corrected chi connectivity index (χ0v) is 20.2. The van der Waals surface area contributed by atoms with Crippen molar-refractivity contribution in [2.45, 2.75) is 19.0 Å². The summed E-state index contributed by atoms with van der Waals surface area (Å²) in [7, 11) is 0. The number of hydrazone groups is 1. The van der Waals surface area contributed by atoms with Gasteiger partial charge in [0.15, 0.2) is 22.5 Å². The van der Waals surface area contributed by atoms with Gasteiger partial charge in [0.1, 0.15) is 0 Å². The summed E-state index contributed by atoms with van der Waals surface area (Å²) in [5, 5.41) is 23.1. The topological polar surface area (TPSA) is 102 Å². The molecular weight excluding hydrogens is 462 g/mol. The Morgan fingerprint density at radius 2 is 1.89 bits per heavy atom. The third kappa shape index (κ3) is 6.07. The minimum absolute atomic E-state index is 0.0528. The second-order valence-corrected chi connectivity index (χ2v) is 8.53. The highest BCUT2D eigenvalue weighted by atomic mass is 32.2. The van der Waals surface area contributed by atoms with E-state index in [4.69, 9.17) is 4.74 Å². The van der Waals surface area contributed by atoms with Crippen molar-refractivity contribution in [3.05, 3.63) is 83.9 Å². The van der Waals surface area contributed by atoms with Gasteiger partial charge in [-0.25, -0.2) is 5.43 Å². The number of aryl methyl sites for hydroxylation is 1. The Kier molecular flexibility index (Phi) is 7.79. The van der Waals surface area contributed by atoms with Crippen LogP contribution in [0.5, 0.6) is 11.5 Å². The Bertz CT molecular complexity index is 1320. The smallest absolute Gasteiger partial charge is 0.250 e. The molecule has 0 saturated heterocycles. The minimum atomic E-state index is -0.283. The summed E-state index contributed by atoms with van der Waals surface area (Å²) in [5.41, 5.74) is 6.20. The maximum Gasteiger partial charge on any atom is 0.250 e. The zero-order valence-electron chi connectivity index (χ0n) is 19.4.